The predicted octanol–water partition coefficient (Wildman–Crippen LogP) is 2.72. The highest BCUT2D eigenvalue weighted by molar-refractivity contribution is 5.77. The maximum absolute atomic E-state index is 12.0. The molecule has 2 rings (SSSR count). The van der Waals surface area contributed by atoms with E-state index >= 15 is 0 Å². The Morgan fingerprint density at radius 1 is 1.05 bits per heavy atom. The van der Waals surface area contributed by atoms with Gasteiger partial charge in [-0.05, 0) is 58.0 Å². The Hall–Kier alpha value is -0.610. The molecule has 0 bridgehead atoms. The van der Waals surface area contributed by atoms with Crippen molar-refractivity contribution >= 4 is 5.91 Å². The topological polar surface area (TPSA) is 41.6 Å². The highest BCUT2D eigenvalue weighted by Crippen LogP contribution is 2.17. The Morgan fingerprint density at radius 3 is 2.52 bits per heavy atom. The van der Waals surface area contributed by atoms with Crippen LogP contribution in [0.25, 0.3) is 0 Å². The summed E-state index contributed by atoms with van der Waals surface area (Å²) in [5.74, 6) is 0.202. The summed E-state index contributed by atoms with van der Waals surface area (Å²) in [6.07, 6.45) is 12.8. The van der Waals surface area contributed by atoms with Gasteiger partial charge in [0.05, 0.1) is 12.6 Å². The lowest BCUT2D eigenvalue weighted by Gasteiger charge is -2.23. The molecule has 2 aliphatic heterocycles. The highest BCUT2D eigenvalue weighted by atomic mass is 16.5. The Morgan fingerprint density at radius 2 is 1.81 bits per heavy atom. The van der Waals surface area contributed by atoms with Crippen LogP contribution in [0.2, 0.25) is 0 Å². The van der Waals surface area contributed by atoms with Crippen molar-refractivity contribution in [3.8, 4) is 0 Å². The van der Waals surface area contributed by atoms with Crippen molar-refractivity contribution in [3.05, 3.63) is 0 Å². The lowest BCUT2D eigenvalue weighted by Crippen LogP contribution is -2.39. The quantitative estimate of drug-likeness (QED) is 0.735. The Kier molecular flexibility index (Phi) is 8.12. The van der Waals surface area contributed by atoms with Crippen LogP contribution < -0.4 is 5.32 Å². The molecule has 4 heteroatoms. The number of hydrogen-bond acceptors (Lipinski definition) is 3. The summed E-state index contributed by atoms with van der Waals surface area (Å²) in [4.78, 5) is 14.3. The number of nitrogens with zero attached hydrogens (tertiary/aromatic N) is 1. The molecule has 0 aromatic rings. The molecule has 1 atom stereocenters. The van der Waals surface area contributed by atoms with E-state index in [2.05, 4.69) is 10.2 Å². The van der Waals surface area contributed by atoms with Crippen LogP contribution in [0.3, 0.4) is 0 Å². The van der Waals surface area contributed by atoms with Crippen LogP contribution in [0.1, 0.15) is 64.2 Å². The zero-order chi connectivity index (χ0) is 14.8. The van der Waals surface area contributed by atoms with Crippen LogP contribution in [0.4, 0.5) is 0 Å². The molecular weight excluding hydrogens is 264 g/mol. The SMILES string of the molecule is O=C(CN1CCCCCCC1)NCCCC[C@@H]1CCCO1. The molecule has 0 spiro atoms. The van der Waals surface area contributed by atoms with Gasteiger partial charge in [-0.15, -0.1) is 0 Å². The van der Waals surface area contributed by atoms with Crippen molar-refractivity contribution < 1.29 is 9.53 Å². The highest BCUT2D eigenvalue weighted by Gasteiger charge is 2.15. The zero-order valence-electron chi connectivity index (χ0n) is 13.4. The van der Waals surface area contributed by atoms with Gasteiger partial charge in [0.25, 0.3) is 0 Å². The molecule has 0 aliphatic carbocycles. The Labute approximate surface area is 129 Å². The summed E-state index contributed by atoms with van der Waals surface area (Å²) in [7, 11) is 0. The third-order valence-corrected chi connectivity index (χ3v) is 4.61. The zero-order valence-corrected chi connectivity index (χ0v) is 13.4. The third kappa shape index (κ3) is 7.28. The summed E-state index contributed by atoms with van der Waals surface area (Å²) < 4.78 is 5.61. The fourth-order valence-electron chi connectivity index (χ4n) is 3.33. The van der Waals surface area contributed by atoms with Crippen molar-refractivity contribution in [2.45, 2.75) is 70.3 Å². The van der Waals surface area contributed by atoms with Crippen LogP contribution in [0, 0.1) is 0 Å². The molecule has 0 saturated carbocycles. The molecule has 2 saturated heterocycles. The smallest absolute Gasteiger partial charge is 0.234 e. The molecule has 0 aromatic heterocycles. The van der Waals surface area contributed by atoms with Crippen LogP contribution in [0.5, 0.6) is 0 Å². The van der Waals surface area contributed by atoms with Crippen molar-refractivity contribution in [3.63, 3.8) is 0 Å². The number of unbranched alkanes of at least 4 members (excludes halogenated alkanes) is 1. The Bertz CT molecular complexity index is 283. The maximum atomic E-state index is 12.0. The van der Waals surface area contributed by atoms with Gasteiger partial charge in [0.1, 0.15) is 0 Å². The number of hydrogen-bond donors (Lipinski definition) is 1. The molecule has 4 nitrogen and oxygen atoms in total. The number of carbonyl (C=O) groups is 1. The van der Waals surface area contributed by atoms with E-state index in [0.717, 1.165) is 45.5 Å². The lowest BCUT2D eigenvalue weighted by molar-refractivity contribution is -0.122. The fraction of sp³-hybridized carbons (Fsp3) is 0.941. The number of amides is 1. The molecule has 0 radical (unpaired) electrons. The van der Waals surface area contributed by atoms with E-state index in [1.54, 1.807) is 0 Å². The van der Waals surface area contributed by atoms with Gasteiger partial charge < -0.3 is 10.1 Å². The minimum absolute atomic E-state index is 0.202. The molecule has 0 unspecified atom stereocenters. The van der Waals surface area contributed by atoms with E-state index in [9.17, 15) is 4.79 Å². The summed E-state index contributed by atoms with van der Waals surface area (Å²) >= 11 is 0. The van der Waals surface area contributed by atoms with E-state index in [0.29, 0.717) is 12.6 Å². The first-order chi connectivity index (χ1) is 10.3. The van der Waals surface area contributed by atoms with Crippen LogP contribution in [-0.4, -0.2) is 49.7 Å². The second kappa shape index (κ2) is 10.2. The monoisotopic (exact) mass is 296 g/mol. The average Bonchev–Trinajstić information content (AvgIpc) is 2.94. The maximum Gasteiger partial charge on any atom is 0.234 e. The normalized spacial score (nSPS) is 24.5. The summed E-state index contributed by atoms with van der Waals surface area (Å²) in [5.41, 5.74) is 0. The van der Waals surface area contributed by atoms with E-state index < -0.39 is 0 Å². The summed E-state index contributed by atoms with van der Waals surface area (Å²) in [6, 6.07) is 0. The second-order valence-electron chi connectivity index (χ2n) is 6.52. The first-order valence-electron chi connectivity index (χ1n) is 8.95. The van der Waals surface area contributed by atoms with Gasteiger partial charge in [-0.3, -0.25) is 9.69 Å². The predicted molar refractivity (Wildman–Crippen MR) is 85.4 cm³/mol. The lowest BCUT2D eigenvalue weighted by atomic mass is 10.1. The van der Waals surface area contributed by atoms with Crippen LogP contribution in [0.15, 0.2) is 0 Å². The molecule has 2 aliphatic rings. The van der Waals surface area contributed by atoms with Crippen molar-refractivity contribution in [2.75, 3.05) is 32.8 Å². The van der Waals surface area contributed by atoms with Crippen LogP contribution >= 0.6 is 0 Å². The molecule has 0 aromatic carbocycles. The van der Waals surface area contributed by atoms with E-state index in [1.807, 2.05) is 0 Å². The minimum Gasteiger partial charge on any atom is -0.378 e. The van der Waals surface area contributed by atoms with Gasteiger partial charge in [-0.25, -0.2) is 0 Å². The van der Waals surface area contributed by atoms with Crippen molar-refractivity contribution in [1.82, 2.24) is 10.2 Å². The number of ether oxygens (including phenoxy) is 1. The average molecular weight is 296 g/mol. The molecular formula is C17H32N2O2. The second-order valence-corrected chi connectivity index (χ2v) is 6.52. The van der Waals surface area contributed by atoms with Crippen molar-refractivity contribution in [2.24, 2.45) is 0 Å². The standard InChI is InChI=1S/C17H32N2O2/c20-17(15-19-12-6-2-1-3-7-13-19)18-11-5-4-9-16-10-8-14-21-16/h16H,1-15H2,(H,18,20)/t16-/m1/s1. The van der Waals surface area contributed by atoms with Gasteiger partial charge in [-0.1, -0.05) is 19.3 Å². The van der Waals surface area contributed by atoms with Gasteiger partial charge in [0.2, 0.25) is 5.91 Å². The number of rotatable bonds is 7. The largest absolute Gasteiger partial charge is 0.378 e. The first-order valence-corrected chi connectivity index (χ1v) is 8.95. The number of nitrogens with one attached hydrogen (secondary N) is 1. The van der Waals surface area contributed by atoms with Gasteiger partial charge in [-0.2, -0.15) is 0 Å². The molecule has 2 heterocycles. The van der Waals surface area contributed by atoms with E-state index in [-0.39, 0.29) is 5.91 Å². The molecule has 1 amide bonds. The van der Waals surface area contributed by atoms with Gasteiger partial charge in [0, 0.05) is 13.2 Å². The minimum atomic E-state index is 0.202. The van der Waals surface area contributed by atoms with E-state index in [4.69, 9.17) is 4.74 Å². The van der Waals surface area contributed by atoms with Crippen LogP contribution in [-0.2, 0) is 9.53 Å². The summed E-state index contributed by atoms with van der Waals surface area (Å²) in [5, 5.41) is 3.07. The molecule has 122 valence electrons. The van der Waals surface area contributed by atoms with Crippen molar-refractivity contribution in [1.29, 1.82) is 0 Å². The van der Waals surface area contributed by atoms with E-state index in [1.165, 1.54) is 44.9 Å². The number of likely N-dealkylation sites (tertiary alicyclic amines) is 1. The number of carbonyl (C=O) groups excluding carboxylic acids is 1. The first kappa shape index (κ1) is 16.8. The summed E-state index contributed by atoms with van der Waals surface area (Å²) in [6.45, 7) is 4.53. The molecule has 2 fully saturated rings. The fourth-order valence-corrected chi connectivity index (χ4v) is 3.33. The van der Waals surface area contributed by atoms with Gasteiger partial charge >= 0.3 is 0 Å². The Balaban J connectivity index is 1.48. The molecule has 21 heavy (non-hydrogen) atoms. The van der Waals surface area contributed by atoms with Gasteiger partial charge in [0.15, 0.2) is 0 Å². The molecule has 1 N–H and O–H groups in total. The third-order valence-electron chi connectivity index (χ3n) is 4.61.